The van der Waals surface area contributed by atoms with Crippen LogP contribution in [-0.2, 0) is 14.3 Å². The number of carbonyl (C=O) groups is 2. The minimum absolute atomic E-state index is 0.0299. The van der Waals surface area contributed by atoms with Gasteiger partial charge in [-0.25, -0.2) is 4.79 Å². The first-order chi connectivity index (χ1) is 11.5. The number of aliphatic hydroxyl groups is 1. The molecule has 25 heavy (non-hydrogen) atoms. The van der Waals surface area contributed by atoms with Gasteiger partial charge in [-0.15, -0.1) is 0 Å². The second-order valence-corrected chi connectivity index (χ2v) is 8.48. The van der Waals surface area contributed by atoms with Gasteiger partial charge in [-0.1, -0.05) is 13.2 Å². The molecule has 1 unspecified atom stereocenters. The molecule has 8 heteroatoms. The molecule has 1 fully saturated rings. The number of quaternary nitrogens is 1. The van der Waals surface area contributed by atoms with Gasteiger partial charge in [0, 0.05) is 18.5 Å². The molecular formula is C17H30N2O5P+. The summed E-state index contributed by atoms with van der Waals surface area (Å²) in [6.45, 7) is 9.69. The lowest BCUT2D eigenvalue weighted by Crippen LogP contribution is -2.39. The van der Waals surface area contributed by atoms with Gasteiger partial charge in [0.15, 0.2) is 6.54 Å². The first-order valence-electron chi connectivity index (χ1n) is 8.02. The number of aliphatic hydroxyl groups excluding tert-OH is 1. The third-order valence-corrected chi connectivity index (χ3v) is 4.42. The molecule has 0 aliphatic carbocycles. The second kappa shape index (κ2) is 11.2. The summed E-state index contributed by atoms with van der Waals surface area (Å²) in [5, 5.41) is 9.59. The number of rotatable bonds is 7. The van der Waals surface area contributed by atoms with Crippen molar-refractivity contribution < 1.29 is 28.8 Å². The summed E-state index contributed by atoms with van der Waals surface area (Å²) < 4.78 is 5.30. The standard InChI is InChI=1S/C11H20NO4P.C6H9NO/c1-9(2)11(14)16-6-7-17(15)10(13)8-12(3,4)5;1-2-7-5-3-4-6(7)8/h1,6-8H2,2-5H3;2H,1,3-5H2/p+1. The van der Waals surface area contributed by atoms with Crippen molar-refractivity contribution in [3.05, 3.63) is 24.9 Å². The van der Waals surface area contributed by atoms with Gasteiger partial charge < -0.3 is 24.1 Å². The van der Waals surface area contributed by atoms with Crippen LogP contribution in [-0.4, -0.2) is 78.8 Å². The monoisotopic (exact) mass is 373 g/mol. The van der Waals surface area contributed by atoms with E-state index in [-0.39, 0.29) is 24.2 Å². The summed E-state index contributed by atoms with van der Waals surface area (Å²) in [6.07, 6.45) is 3.42. The van der Waals surface area contributed by atoms with Crippen molar-refractivity contribution >= 4 is 25.1 Å². The molecule has 142 valence electrons. The van der Waals surface area contributed by atoms with E-state index in [1.165, 1.54) is 0 Å². The van der Waals surface area contributed by atoms with E-state index in [2.05, 4.69) is 13.2 Å². The van der Waals surface area contributed by atoms with Crippen molar-refractivity contribution in [2.24, 2.45) is 0 Å². The predicted octanol–water partition coefficient (Wildman–Crippen LogP) is 0.824. The normalized spacial score (nSPS) is 15.1. The summed E-state index contributed by atoms with van der Waals surface area (Å²) in [5.41, 5.74) is 0.263. The molecule has 1 atom stereocenters. The van der Waals surface area contributed by atoms with Crippen molar-refractivity contribution in [1.29, 1.82) is 0 Å². The lowest BCUT2D eigenvalue weighted by atomic mass is 10.4. The molecule has 1 saturated heterocycles. The highest BCUT2D eigenvalue weighted by atomic mass is 31.1. The summed E-state index contributed by atoms with van der Waals surface area (Å²) >= 11 is 0. The van der Waals surface area contributed by atoms with E-state index in [9.17, 15) is 19.6 Å². The van der Waals surface area contributed by atoms with Crippen LogP contribution in [0.5, 0.6) is 0 Å². The SMILES string of the molecule is C=C(C)C(=O)OCC/[P+]([O-])=C(\O)C[N+](C)(C)C.C=CN1CCCC1=O. The topological polar surface area (TPSA) is 89.9 Å². The molecule has 1 N–H and O–H groups in total. The van der Waals surface area contributed by atoms with E-state index < -0.39 is 13.7 Å². The van der Waals surface area contributed by atoms with Crippen molar-refractivity contribution in [1.82, 2.24) is 4.90 Å². The molecule has 1 heterocycles. The van der Waals surface area contributed by atoms with Crippen LogP contribution in [0.4, 0.5) is 0 Å². The molecule has 0 radical (unpaired) electrons. The molecule has 1 rings (SSSR count). The van der Waals surface area contributed by atoms with E-state index in [0.717, 1.165) is 13.0 Å². The van der Waals surface area contributed by atoms with Crippen LogP contribution in [0.25, 0.3) is 0 Å². The van der Waals surface area contributed by atoms with E-state index in [1.807, 2.05) is 21.1 Å². The zero-order valence-corrected chi connectivity index (χ0v) is 16.6. The van der Waals surface area contributed by atoms with Gasteiger partial charge in [0.2, 0.25) is 5.91 Å². The van der Waals surface area contributed by atoms with E-state index in [4.69, 9.17) is 4.74 Å². The minimum Gasteiger partial charge on any atom is -0.628 e. The number of likely N-dealkylation sites (N-methyl/N-ethyl adjacent to an activating group) is 1. The Hall–Kier alpha value is -1.53. The first-order valence-corrected chi connectivity index (χ1v) is 9.47. The highest BCUT2D eigenvalue weighted by Crippen LogP contribution is 2.13. The molecule has 0 aromatic carbocycles. The maximum atomic E-state index is 11.6. The molecule has 0 bridgehead atoms. The number of hydrogen-bond donors (Lipinski definition) is 1. The maximum absolute atomic E-state index is 11.6. The Bertz CT molecular complexity index is 538. The van der Waals surface area contributed by atoms with Crippen LogP contribution in [0.1, 0.15) is 19.8 Å². The fourth-order valence-electron chi connectivity index (χ4n) is 1.84. The summed E-state index contributed by atoms with van der Waals surface area (Å²) in [7, 11) is 3.81. The van der Waals surface area contributed by atoms with E-state index >= 15 is 0 Å². The fraction of sp³-hybridized carbons (Fsp3) is 0.588. The maximum Gasteiger partial charge on any atom is 0.333 e. The molecule has 0 aromatic rings. The Balaban J connectivity index is 0.000000593. The Labute approximate surface area is 151 Å². The van der Waals surface area contributed by atoms with Crippen molar-refractivity contribution in [2.75, 3.05) is 47.0 Å². The Morgan fingerprint density at radius 3 is 2.44 bits per heavy atom. The van der Waals surface area contributed by atoms with Gasteiger partial charge in [0.05, 0.1) is 28.9 Å². The number of esters is 1. The van der Waals surface area contributed by atoms with Crippen molar-refractivity contribution in [2.45, 2.75) is 19.8 Å². The minimum atomic E-state index is -1.86. The van der Waals surface area contributed by atoms with Crippen LogP contribution in [0, 0.1) is 0 Å². The number of likely N-dealkylation sites (tertiary alicyclic amines) is 1. The average molecular weight is 373 g/mol. The number of ether oxygens (including phenoxy) is 1. The third-order valence-electron chi connectivity index (χ3n) is 3.11. The quantitative estimate of drug-likeness (QED) is 0.309. The number of carbonyl (C=O) groups excluding carboxylic acids is 2. The lowest BCUT2D eigenvalue weighted by Gasteiger charge is -2.22. The van der Waals surface area contributed by atoms with Crippen LogP contribution in [0.3, 0.4) is 0 Å². The number of nitrogens with zero attached hydrogens (tertiary/aromatic N) is 2. The van der Waals surface area contributed by atoms with Gasteiger partial charge in [-0.3, -0.25) is 4.79 Å². The second-order valence-electron chi connectivity index (χ2n) is 6.76. The summed E-state index contributed by atoms with van der Waals surface area (Å²) in [5.74, 6) is -0.292. The number of hydrogen-bond acceptors (Lipinski definition) is 4. The average Bonchev–Trinajstić information content (AvgIpc) is 2.91. The Morgan fingerprint density at radius 1 is 1.48 bits per heavy atom. The van der Waals surface area contributed by atoms with Crippen LogP contribution in [0.2, 0.25) is 0 Å². The molecular weight excluding hydrogens is 343 g/mol. The molecule has 1 amide bonds. The van der Waals surface area contributed by atoms with E-state index in [1.54, 1.807) is 18.0 Å². The predicted molar refractivity (Wildman–Crippen MR) is 98.5 cm³/mol. The van der Waals surface area contributed by atoms with Gasteiger partial charge in [-0.05, 0) is 19.5 Å². The first kappa shape index (κ1) is 23.5. The van der Waals surface area contributed by atoms with Crippen molar-refractivity contribution in [3.63, 3.8) is 0 Å². The van der Waals surface area contributed by atoms with Gasteiger partial charge >= 0.3 is 5.97 Å². The fourth-order valence-corrected chi connectivity index (χ4v) is 2.94. The highest BCUT2D eigenvalue weighted by molar-refractivity contribution is 7.51. The van der Waals surface area contributed by atoms with Gasteiger partial charge in [-0.2, -0.15) is 0 Å². The smallest absolute Gasteiger partial charge is 0.333 e. The summed E-state index contributed by atoms with van der Waals surface area (Å²) in [4.78, 5) is 35.0. The zero-order valence-electron chi connectivity index (χ0n) is 15.7. The van der Waals surface area contributed by atoms with Crippen LogP contribution in [0.15, 0.2) is 24.9 Å². The van der Waals surface area contributed by atoms with Gasteiger partial charge in [0.1, 0.15) is 12.8 Å². The zero-order chi connectivity index (χ0) is 19.6. The molecule has 0 spiro atoms. The molecule has 0 aromatic heterocycles. The largest absolute Gasteiger partial charge is 0.628 e. The Kier molecular flexibility index (Phi) is 10.5. The molecule has 1 aliphatic heterocycles. The lowest BCUT2D eigenvalue weighted by molar-refractivity contribution is -0.861. The van der Waals surface area contributed by atoms with Gasteiger partial charge in [0.25, 0.3) is 5.48 Å². The van der Waals surface area contributed by atoms with Crippen LogP contribution < -0.4 is 4.89 Å². The molecule has 1 aliphatic rings. The highest BCUT2D eigenvalue weighted by Gasteiger charge is 2.17. The summed E-state index contributed by atoms with van der Waals surface area (Å²) in [6, 6.07) is 0. The number of amides is 1. The third kappa shape index (κ3) is 10.8. The molecule has 7 nitrogen and oxygen atoms in total. The van der Waals surface area contributed by atoms with E-state index in [0.29, 0.717) is 23.0 Å². The van der Waals surface area contributed by atoms with Crippen molar-refractivity contribution in [3.8, 4) is 0 Å². The van der Waals surface area contributed by atoms with Crippen LogP contribution >= 0.6 is 7.77 Å². The Morgan fingerprint density at radius 2 is 2.08 bits per heavy atom. The molecule has 0 saturated carbocycles.